The Morgan fingerprint density at radius 1 is 0.977 bits per heavy atom. The van der Waals surface area contributed by atoms with Gasteiger partial charge in [-0.1, -0.05) is 93.5 Å². The Morgan fingerprint density at radius 2 is 1.59 bits per heavy atom. The first kappa shape index (κ1) is 36.4. The number of carbonyl (C=O) groups is 1. The molecule has 1 aliphatic heterocycles. The highest BCUT2D eigenvalue weighted by Crippen LogP contribution is 2.35. The molecule has 0 aliphatic carbocycles. The van der Waals surface area contributed by atoms with Gasteiger partial charge in [-0.2, -0.15) is 0 Å². The van der Waals surface area contributed by atoms with Crippen LogP contribution in [0.3, 0.4) is 0 Å². The summed E-state index contributed by atoms with van der Waals surface area (Å²) in [5.41, 5.74) is -0.349. The molecule has 1 aliphatic rings. The number of aromatic hydroxyl groups is 1. The minimum atomic E-state index is -1.73. The molecule has 1 aromatic heterocycles. The van der Waals surface area contributed by atoms with Gasteiger partial charge in [0.1, 0.15) is 47.6 Å². The van der Waals surface area contributed by atoms with Crippen LogP contribution >= 0.6 is 0 Å². The summed E-state index contributed by atoms with van der Waals surface area (Å²) in [5.74, 6) is -0.751. The van der Waals surface area contributed by atoms with Crippen LogP contribution in [0.25, 0.3) is 6.08 Å². The summed E-state index contributed by atoms with van der Waals surface area (Å²) in [6, 6.07) is 1.15. The zero-order valence-electron chi connectivity index (χ0n) is 25.5. The fourth-order valence-electron chi connectivity index (χ4n) is 4.59. The van der Waals surface area contributed by atoms with E-state index in [1.54, 1.807) is 48.6 Å². The van der Waals surface area contributed by atoms with Gasteiger partial charge in [0.25, 0.3) is 0 Å². The number of allylic oxidation sites excluding steroid dienone is 11. The van der Waals surface area contributed by atoms with E-state index in [0.29, 0.717) is 5.92 Å². The van der Waals surface area contributed by atoms with E-state index < -0.39 is 60.0 Å². The van der Waals surface area contributed by atoms with Crippen LogP contribution in [0.15, 0.2) is 93.3 Å². The number of ether oxygens (including phenoxy) is 1. The summed E-state index contributed by atoms with van der Waals surface area (Å²) in [4.78, 5) is 24.2. The second kappa shape index (κ2) is 18.1. The van der Waals surface area contributed by atoms with Crippen molar-refractivity contribution >= 4 is 12.0 Å². The van der Waals surface area contributed by atoms with Crippen molar-refractivity contribution in [1.29, 1.82) is 0 Å². The molecule has 240 valence electrons. The Balaban J connectivity index is 1.95. The number of carboxylic acid groups (broad SMARTS) is 1. The van der Waals surface area contributed by atoms with Crippen molar-refractivity contribution in [1.82, 2.24) is 0 Å². The van der Waals surface area contributed by atoms with E-state index in [2.05, 4.69) is 13.8 Å². The molecule has 0 unspecified atom stereocenters. The second-order valence-corrected chi connectivity index (χ2v) is 10.9. The molecule has 1 fully saturated rings. The first-order valence-corrected chi connectivity index (χ1v) is 14.5. The number of hydrogen-bond acceptors (Lipinski definition) is 9. The Morgan fingerprint density at radius 3 is 2.16 bits per heavy atom. The van der Waals surface area contributed by atoms with Gasteiger partial charge in [0.15, 0.2) is 0 Å². The average Bonchev–Trinajstić information content (AvgIpc) is 2.97. The molecular formula is C34H44O10. The molecule has 2 rings (SSSR count). The summed E-state index contributed by atoms with van der Waals surface area (Å²) in [5, 5.41) is 59.4. The third-order valence-electron chi connectivity index (χ3n) is 7.12. The third-order valence-corrected chi connectivity index (χ3v) is 7.12. The minimum Gasteiger partial charge on any atom is -0.507 e. The number of rotatable bonds is 14. The molecule has 2 heterocycles. The molecule has 0 radical (unpaired) electrons. The molecule has 44 heavy (non-hydrogen) atoms. The van der Waals surface area contributed by atoms with E-state index in [1.807, 2.05) is 32.1 Å². The Hall–Kier alpha value is -3.80. The van der Waals surface area contributed by atoms with Gasteiger partial charge in [-0.3, -0.25) is 0 Å². The van der Waals surface area contributed by atoms with Gasteiger partial charge in [-0.15, -0.1) is 0 Å². The normalized spacial score (nSPS) is 25.2. The van der Waals surface area contributed by atoms with Crippen molar-refractivity contribution in [3.05, 3.63) is 106 Å². The predicted octanol–water partition coefficient (Wildman–Crippen LogP) is 4.13. The number of carboxylic acids is 1. The molecule has 10 nitrogen and oxygen atoms in total. The lowest BCUT2D eigenvalue weighted by Gasteiger charge is -2.39. The van der Waals surface area contributed by atoms with Crippen molar-refractivity contribution in [3.63, 3.8) is 0 Å². The third kappa shape index (κ3) is 11.0. The monoisotopic (exact) mass is 612 g/mol. The molecule has 7 atom stereocenters. The van der Waals surface area contributed by atoms with Crippen molar-refractivity contribution in [2.24, 2.45) is 11.8 Å². The summed E-state index contributed by atoms with van der Waals surface area (Å²) in [6.45, 7) is 7.49. The van der Waals surface area contributed by atoms with Crippen LogP contribution in [0.4, 0.5) is 0 Å². The summed E-state index contributed by atoms with van der Waals surface area (Å²) >= 11 is 0. The molecule has 1 saturated heterocycles. The fraction of sp³-hybridized carbons (Fsp3) is 0.412. The maximum Gasteiger partial charge on any atom is 0.345 e. The smallest absolute Gasteiger partial charge is 0.345 e. The second-order valence-electron chi connectivity index (χ2n) is 10.9. The summed E-state index contributed by atoms with van der Waals surface area (Å²) in [6.07, 6.45) is 14.9. The Kier molecular flexibility index (Phi) is 15.0. The van der Waals surface area contributed by atoms with Crippen LogP contribution in [-0.4, -0.2) is 67.6 Å². The van der Waals surface area contributed by atoms with E-state index in [0.717, 1.165) is 24.5 Å². The highest BCUT2D eigenvalue weighted by atomic mass is 16.5. The van der Waals surface area contributed by atoms with Crippen LogP contribution in [-0.2, 0) is 9.53 Å². The molecule has 0 spiro atoms. The number of aliphatic carboxylic acids is 1. The molecule has 0 aromatic carbocycles. The summed E-state index contributed by atoms with van der Waals surface area (Å²) in [7, 11) is 0. The quantitative estimate of drug-likeness (QED) is 0.132. The largest absolute Gasteiger partial charge is 0.507 e. The van der Waals surface area contributed by atoms with E-state index in [1.165, 1.54) is 6.08 Å². The SMILES string of the molecule is CC[C@H](C)C[C@@H](C)/C=C(/C=C(C)/C=C/C=C/C=C/C=C/C=C/c1cc(O)c([C@@H]2O[C@H](CO)[C@H](O)[C@H](O)[C@H]2O)c(=O)o1)C(=O)O. The van der Waals surface area contributed by atoms with Gasteiger partial charge in [-0.05, 0) is 37.3 Å². The molecule has 6 N–H and O–H groups in total. The molecular weight excluding hydrogens is 568 g/mol. The van der Waals surface area contributed by atoms with Crippen molar-refractivity contribution in [2.45, 2.75) is 71.1 Å². The van der Waals surface area contributed by atoms with E-state index in [4.69, 9.17) is 9.15 Å². The average molecular weight is 613 g/mol. The van der Waals surface area contributed by atoms with E-state index >= 15 is 0 Å². The van der Waals surface area contributed by atoms with Crippen LogP contribution < -0.4 is 5.63 Å². The molecule has 10 heteroatoms. The zero-order valence-corrected chi connectivity index (χ0v) is 25.5. The first-order valence-electron chi connectivity index (χ1n) is 14.5. The van der Waals surface area contributed by atoms with Gasteiger partial charge in [-0.25, -0.2) is 9.59 Å². The van der Waals surface area contributed by atoms with Crippen LogP contribution in [0.2, 0.25) is 0 Å². The number of aliphatic hydroxyl groups is 4. The van der Waals surface area contributed by atoms with Gasteiger partial charge in [0, 0.05) is 6.07 Å². The first-order chi connectivity index (χ1) is 20.9. The minimum absolute atomic E-state index is 0.0220. The Labute approximate surface area is 257 Å². The highest BCUT2D eigenvalue weighted by Gasteiger charge is 2.46. The van der Waals surface area contributed by atoms with Crippen molar-refractivity contribution in [3.8, 4) is 5.75 Å². The van der Waals surface area contributed by atoms with Crippen LogP contribution in [0.5, 0.6) is 5.75 Å². The lowest BCUT2D eigenvalue weighted by molar-refractivity contribution is -0.232. The molecule has 0 amide bonds. The molecule has 0 bridgehead atoms. The predicted molar refractivity (Wildman–Crippen MR) is 168 cm³/mol. The number of hydrogen-bond donors (Lipinski definition) is 6. The number of aliphatic hydroxyl groups excluding tert-OH is 4. The topological polar surface area (TPSA) is 178 Å². The lowest BCUT2D eigenvalue weighted by Crippen LogP contribution is -2.55. The lowest BCUT2D eigenvalue weighted by atomic mass is 9.91. The highest BCUT2D eigenvalue weighted by molar-refractivity contribution is 5.90. The fourth-order valence-corrected chi connectivity index (χ4v) is 4.59. The van der Waals surface area contributed by atoms with Crippen molar-refractivity contribution < 1.29 is 44.6 Å². The molecule has 1 aromatic rings. The van der Waals surface area contributed by atoms with Crippen molar-refractivity contribution in [2.75, 3.05) is 6.61 Å². The summed E-state index contributed by atoms with van der Waals surface area (Å²) < 4.78 is 10.5. The van der Waals surface area contributed by atoms with Gasteiger partial charge >= 0.3 is 11.6 Å². The molecule has 0 saturated carbocycles. The zero-order chi connectivity index (χ0) is 32.8. The van der Waals surface area contributed by atoms with Gasteiger partial charge < -0.3 is 39.8 Å². The maximum atomic E-state index is 12.5. The van der Waals surface area contributed by atoms with Gasteiger partial charge in [0.2, 0.25) is 0 Å². The van der Waals surface area contributed by atoms with Crippen LogP contribution in [0, 0.1) is 11.8 Å². The van der Waals surface area contributed by atoms with E-state index in [9.17, 15) is 40.2 Å². The van der Waals surface area contributed by atoms with Crippen LogP contribution in [0.1, 0.15) is 58.0 Å². The standard InChI is InChI=1S/C34H44O10/c1-5-21(2)16-23(4)18-24(33(40)41)17-22(3)14-12-10-8-6-7-9-11-13-15-25-19-26(36)28(34(42)43-25)32-31(39)30(38)29(37)27(20-35)44-32/h6-15,17-19,21,23,27,29-32,35-39H,5,16,20H2,1-4H3,(H,40,41)/b7-6+,10-8+,11-9+,14-12+,15-13+,22-17+,24-18-/t21-,23+,27+,29-,30-,31+,32-/m0/s1. The maximum absolute atomic E-state index is 12.5. The van der Waals surface area contributed by atoms with E-state index in [-0.39, 0.29) is 17.3 Å². The Bertz CT molecular complexity index is 1360. The van der Waals surface area contributed by atoms with Gasteiger partial charge in [0.05, 0.1) is 12.2 Å².